The molecule has 2 rings (SSSR count). The van der Waals surface area contributed by atoms with Crippen LogP contribution in [0.3, 0.4) is 0 Å². The molecule has 0 amide bonds. The van der Waals surface area contributed by atoms with Crippen molar-refractivity contribution in [3.8, 4) is 11.1 Å². The lowest BCUT2D eigenvalue weighted by Crippen LogP contribution is -2.10. The van der Waals surface area contributed by atoms with E-state index in [1.807, 2.05) is 0 Å². The summed E-state index contributed by atoms with van der Waals surface area (Å²) < 4.78 is 39.8. The minimum Gasteiger partial charge on any atom is -0.285 e. The van der Waals surface area contributed by atoms with E-state index in [0.717, 1.165) is 24.3 Å². The maximum atomic E-state index is 13.3. The van der Waals surface area contributed by atoms with Gasteiger partial charge in [-0.2, -0.15) is 13.2 Å². The van der Waals surface area contributed by atoms with Crippen molar-refractivity contribution in [2.24, 2.45) is 0 Å². The van der Waals surface area contributed by atoms with Gasteiger partial charge in [0.25, 0.3) is 11.4 Å². The van der Waals surface area contributed by atoms with Gasteiger partial charge in [-0.3, -0.25) is 25.0 Å². The fourth-order valence-corrected chi connectivity index (χ4v) is 2.09. The Labute approximate surface area is 131 Å². The molecule has 0 unspecified atom stereocenters. The molecular formula is C14H6F3N2O5. The Hall–Kier alpha value is -3.30. The smallest absolute Gasteiger partial charge is 0.285 e. The van der Waals surface area contributed by atoms with E-state index >= 15 is 0 Å². The van der Waals surface area contributed by atoms with Gasteiger partial charge in [-0.1, -0.05) is 24.3 Å². The number of nitrogens with zero attached hydrogens (tertiary/aromatic N) is 2. The van der Waals surface area contributed by atoms with Crippen molar-refractivity contribution in [3.05, 3.63) is 67.8 Å². The number of hydrogen-bond donors (Lipinski definition) is 0. The molecule has 0 saturated heterocycles. The summed E-state index contributed by atoms with van der Waals surface area (Å²) in [6.07, 6.45) is -3.54. The highest BCUT2D eigenvalue weighted by Gasteiger charge is 2.39. The van der Waals surface area contributed by atoms with Crippen LogP contribution in [0.4, 0.5) is 24.5 Å². The van der Waals surface area contributed by atoms with E-state index in [-0.39, 0.29) is 17.2 Å². The highest BCUT2D eigenvalue weighted by atomic mass is 19.4. The number of benzene rings is 2. The molecule has 10 heteroatoms. The number of hydrogen-bond acceptors (Lipinski definition) is 5. The van der Waals surface area contributed by atoms with E-state index < -0.39 is 38.5 Å². The van der Waals surface area contributed by atoms with Gasteiger partial charge in [0.15, 0.2) is 0 Å². The summed E-state index contributed by atoms with van der Waals surface area (Å²) in [4.78, 5) is 30.1. The van der Waals surface area contributed by atoms with Crippen LogP contribution in [0, 0.1) is 20.2 Å². The predicted molar refractivity (Wildman–Crippen MR) is 75.0 cm³/mol. The van der Waals surface area contributed by atoms with Gasteiger partial charge in [0.2, 0.25) is 6.29 Å². The quantitative estimate of drug-likeness (QED) is 0.625. The van der Waals surface area contributed by atoms with Crippen LogP contribution in [-0.4, -0.2) is 16.1 Å². The van der Waals surface area contributed by atoms with E-state index in [9.17, 15) is 38.2 Å². The molecule has 0 aliphatic carbocycles. The molecule has 0 atom stereocenters. The molecule has 0 saturated carbocycles. The van der Waals surface area contributed by atoms with E-state index in [0.29, 0.717) is 6.07 Å². The number of nitro benzene ring substituents is 2. The van der Waals surface area contributed by atoms with Gasteiger partial charge in [-0.25, -0.2) is 0 Å². The Balaban J connectivity index is 2.86. The minimum atomic E-state index is -5.05. The summed E-state index contributed by atoms with van der Waals surface area (Å²) in [5, 5.41) is 21.9. The van der Waals surface area contributed by atoms with Crippen LogP contribution < -0.4 is 0 Å². The monoisotopic (exact) mass is 339 g/mol. The fraction of sp³-hybridized carbons (Fsp3) is 0.0714. The minimum absolute atomic E-state index is 0.0388. The third-order valence-corrected chi connectivity index (χ3v) is 3.11. The first-order valence-corrected chi connectivity index (χ1v) is 6.17. The van der Waals surface area contributed by atoms with E-state index in [4.69, 9.17) is 0 Å². The van der Waals surface area contributed by atoms with Crippen molar-refractivity contribution < 1.29 is 27.8 Å². The van der Waals surface area contributed by atoms with Gasteiger partial charge >= 0.3 is 6.18 Å². The number of carbonyl (C=O) groups excluding carboxylic acids is 1. The van der Waals surface area contributed by atoms with Crippen LogP contribution in [0.2, 0.25) is 0 Å². The maximum absolute atomic E-state index is 13.3. The van der Waals surface area contributed by atoms with Gasteiger partial charge < -0.3 is 0 Å². The molecule has 0 aliphatic heterocycles. The zero-order valence-electron chi connectivity index (χ0n) is 11.5. The lowest BCUT2D eigenvalue weighted by molar-refractivity contribution is -0.394. The highest BCUT2D eigenvalue weighted by molar-refractivity contribution is 5.82. The topological polar surface area (TPSA) is 103 Å². The summed E-state index contributed by atoms with van der Waals surface area (Å²) in [5.41, 5.74) is -4.59. The third-order valence-electron chi connectivity index (χ3n) is 3.11. The van der Waals surface area contributed by atoms with Crippen LogP contribution in [0.15, 0.2) is 36.4 Å². The summed E-state index contributed by atoms with van der Waals surface area (Å²) in [7, 11) is 0. The summed E-state index contributed by atoms with van der Waals surface area (Å²) in [6, 6.07) is 5.11. The average Bonchev–Trinajstić information content (AvgIpc) is 2.52. The zero-order valence-corrected chi connectivity index (χ0v) is 11.5. The summed E-state index contributed by atoms with van der Waals surface area (Å²) in [6.45, 7) is 0. The number of rotatable bonds is 4. The molecule has 2 aromatic rings. The van der Waals surface area contributed by atoms with E-state index in [2.05, 4.69) is 0 Å². The molecule has 0 spiro atoms. The van der Waals surface area contributed by atoms with Crippen molar-refractivity contribution in [1.29, 1.82) is 0 Å². The fourth-order valence-electron chi connectivity index (χ4n) is 2.09. The van der Waals surface area contributed by atoms with E-state index in [1.54, 1.807) is 0 Å². The molecule has 24 heavy (non-hydrogen) atoms. The highest BCUT2D eigenvalue weighted by Crippen LogP contribution is 2.44. The van der Waals surface area contributed by atoms with Gasteiger partial charge in [0.1, 0.15) is 0 Å². The first-order valence-electron chi connectivity index (χ1n) is 6.17. The van der Waals surface area contributed by atoms with Crippen LogP contribution in [-0.2, 0) is 11.0 Å². The predicted octanol–water partition coefficient (Wildman–Crippen LogP) is 3.65. The van der Waals surface area contributed by atoms with Crippen molar-refractivity contribution in [1.82, 2.24) is 0 Å². The number of nitro groups is 2. The van der Waals surface area contributed by atoms with Gasteiger partial charge in [0, 0.05) is 11.6 Å². The average molecular weight is 339 g/mol. The standard InChI is InChI=1S/C14H6F3N2O5/c15-14(16,17)11-5-10(18(21)22)6-12(19(23)24)13(11)9-3-1-8(7-20)2-4-9/h1-6H. The van der Waals surface area contributed by atoms with E-state index in [1.165, 1.54) is 6.29 Å². The summed E-state index contributed by atoms with van der Waals surface area (Å²) >= 11 is 0. The molecule has 2 aromatic carbocycles. The Bertz CT molecular complexity index is 832. The van der Waals surface area contributed by atoms with Crippen molar-refractivity contribution in [2.75, 3.05) is 0 Å². The second-order valence-electron chi connectivity index (χ2n) is 4.58. The van der Waals surface area contributed by atoms with Crippen molar-refractivity contribution in [2.45, 2.75) is 6.18 Å². The Morgan fingerprint density at radius 1 is 0.958 bits per heavy atom. The Kier molecular flexibility index (Phi) is 4.31. The van der Waals surface area contributed by atoms with Gasteiger partial charge in [-0.15, -0.1) is 0 Å². The molecule has 0 fully saturated rings. The second kappa shape index (κ2) is 6.07. The van der Waals surface area contributed by atoms with Gasteiger partial charge in [0.05, 0.1) is 27.0 Å². The lowest BCUT2D eigenvalue weighted by atomic mass is 9.96. The molecule has 123 valence electrons. The third kappa shape index (κ3) is 3.21. The Morgan fingerprint density at radius 2 is 1.54 bits per heavy atom. The SMILES string of the molecule is O=[C]c1ccc(-c2c([N+](=O)[O-])cc([N+](=O)[O-])cc2C(F)(F)F)cc1. The molecule has 0 bridgehead atoms. The molecule has 0 aliphatic rings. The number of halogens is 3. The Morgan fingerprint density at radius 3 is 1.96 bits per heavy atom. The van der Waals surface area contributed by atoms with Crippen LogP contribution in [0.1, 0.15) is 11.1 Å². The largest absolute Gasteiger partial charge is 0.417 e. The normalized spacial score (nSPS) is 11.1. The van der Waals surface area contributed by atoms with Crippen LogP contribution in [0.25, 0.3) is 11.1 Å². The molecule has 1 radical (unpaired) electrons. The van der Waals surface area contributed by atoms with Crippen LogP contribution >= 0.6 is 0 Å². The first-order chi connectivity index (χ1) is 11.1. The lowest BCUT2D eigenvalue weighted by Gasteiger charge is -2.13. The van der Waals surface area contributed by atoms with Gasteiger partial charge in [-0.05, 0) is 5.56 Å². The second-order valence-corrected chi connectivity index (χ2v) is 4.58. The first kappa shape index (κ1) is 17.1. The molecule has 0 aromatic heterocycles. The van der Waals surface area contributed by atoms with Crippen LogP contribution in [0.5, 0.6) is 0 Å². The number of alkyl halides is 3. The molecular weight excluding hydrogens is 333 g/mol. The maximum Gasteiger partial charge on any atom is 0.417 e. The molecule has 7 nitrogen and oxygen atoms in total. The van der Waals surface area contributed by atoms with Crippen molar-refractivity contribution >= 4 is 17.7 Å². The molecule has 0 N–H and O–H groups in total. The molecule has 0 heterocycles. The zero-order chi connectivity index (χ0) is 18.1. The number of non-ortho nitro benzene ring substituents is 1. The van der Waals surface area contributed by atoms with Crippen molar-refractivity contribution in [3.63, 3.8) is 0 Å². The summed E-state index contributed by atoms with van der Waals surface area (Å²) in [5.74, 6) is 0.